The molecule has 3 amide bonds. The molecular formula is C17H23N3O4S. The lowest BCUT2D eigenvalue weighted by molar-refractivity contribution is -0.129. The largest absolute Gasteiger partial charge is 0.361 e. The van der Waals surface area contributed by atoms with Gasteiger partial charge in [0.1, 0.15) is 5.76 Å². The molecular weight excluding hydrogens is 342 g/mol. The van der Waals surface area contributed by atoms with Gasteiger partial charge in [0.2, 0.25) is 11.8 Å². The number of hydrogen-bond acceptors (Lipinski definition) is 6. The maximum atomic E-state index is 12.4. The molecule has 1 aliphatic carbocycles. The van der Waals surface area contributed by atoms with Crippen LogP contribution in [0.4, 0.5) is 4.79 Å². The van der Waals surface area contributed by atoms with Gasteiger partial charge in [-0.1, -0.05) is 29.8 Å². The average Bonchev–Trinajstić information content (AvgIpc) is 3.08. The Labute approximate surface area is 150 Å². The summed E-state index contributed by atoms with van der Waals surface area (Å²) in [6.45, 7) is 3.70. The van der Waals surface area contributed by atoms with Crippen LogP contribution >= 0.6 is 11.8 Å². The van der Waals surface area contributed by atoms with E-state index in [0.29, 0.717) is 12.8 Å². The van der Waals surface area contributed by atoms with Gasteiger partial charge in [-0.15, -0.1) is 0 Å². The van der Waals surface area contributed by atoms with E-state index in [0.717, 1.165) is 54.5 Å². The number of amides is 3. The highest BCUT2D eigenvalue weighted by atomic mass is 32.2. The molecule has 2 aliphatic rings. The van der Waals surface area contributed by atoms with E-state index < -0.39 is 0 Å². The minimum Gasteiger partial charge on any atom is -0.361 e. The first-order valence-corrected chi connectivity index (χ1v) is 9.66. The lowest BCUT2D eigenvalue weighted by atomic mass is 9.89. The zero-order chi connectivity index (χ0) is 18.0. The number of carbonyl (C=O) groups is 3. The fourth-order valence-corrected chi connectivity index (χ4v) is 4.41. The Morgan fingerprint density at radius 1 is 1.32 bits per heavy atom. The van der Waals surface area contributed by atoms with Crippen LogP contribution in [0.25, 0.3) is 0 Å². The summed E-state index contributed by atoms with van der Waals surface area (Å²) in [5, 5.41) is 6.76. The first-order valence-electron chi connectivity index (χ1n) is 8.67. The summed E-state index contributed by atoms with van der Waals surface area (Å²) in [6, 6.07) is -0.371. The monoisotopic (exact) mass is 365 g/mol. The number of carbonyl (C=O) groups excluding carboxylic acids is 3. The quantitative estimate of drug-likeness (QED) is 0.861. The van der Waals surface area contributed by atoms with Crippen molar-refractivity contribution in [2.45, 2.75) is 64.5 Å². The Hall–Kier alpha value is -1.83. The standard InChI is InChI=1S/C17H23N3O4S/c1-10-12(11(2)24-19-10)7-8-15(21)18-13-5-3-4-6-14(13)20-16(22)9-25-17(20)23/h13-14H,3-9H2,1-2H3,(H,18,21)/t13-,14-/m0/s1. The second-order valence-electron chi connectivity index (χ2n) is 6.65. The molecule has 7 nitrogen and oxygen atoms in total. The van der Waals surface area contributed by atoms with Crippen molar-refractivity contribution >= 4 is 28.8 Å². The van der Waals surface area contributed by atoms with E-state index in [2.05, 4.69) is 10.5 Å². The van der Waals surface area contributed by atoms with Crippen molar-refractivity contribution in [2.24, 2.45) is 0 Å². The number of aryl methyl sites for hydroxylation is 2. The summed E-state index contributed by atoms with van der Waals surface area (Å²) >= 11 is 1.05. The zero-order valence-corrected chi connectivity index (χ0v) is 15.4. The number of hydrogen-bond donors (Lipinski definition) is 1. The molecule has 0 spiro atoms. The molecule has 1 saturated carbocycles. The highest BCUT2D eigenvalue weighted by Crippen LogP contribution is 2.30. The molecule has 1 aliphatic heterocycles. The lowest BCUT2D eigenvalue weighted by Gasteiger charge is -2.36. The Kier molecular flexibility index (Phi) is 5.46. The van der Waals surface area contributed by atoms with Gasteiger partial charge in [0.15, 0.2) is 0 Å². The molecule has 0 aromatic carbocycles. The SMILES string of the molecule is Cc1noc(C)c1CCC(=O)N[C@H]1CCCC[C@@H]1N1C(=O)CSC1=O. The van der Waals surface area contributed by atoms with Crippen molar-refractivity contribution in [1.82, 2.24) is 15.4 Å². The van der Waals surface area contributed by atoms with Gasteiger partial charge >= 0.3 is 0 Å². The van der Waals surface area contributed by atoms with Crippen molar-refractivity contribution in [3.8, 4) is 0 Å². The third-order valence-corrected chi connectivity index (χ3v) is 5.81. The van der Waals surface area contributed by atoms with Gasteiger partial charge in [0.25, 0.3) is 5.24 Å². The van der Waals surface area contributed by atoms with Crippen molar-refractivity contribution in [2.75, 3.05) is 5.75 Å². The molecule has 2 fully saturated rings. The minimum absolute atomic E-state index is 0.0661. The molecule has 2 heterocycles. The first-order chi connectivity index (χ1) is 12.0. The molecule has 1 aromatic heterocycles. The zero-order valence-electron chi connectivity index (χ0n) is 14.5. The molecule has 0 unspecified atom stereocenters. The van der Waals surface area contributed by atoms with Crippen LogP contribution in [0.15, 0.2) is 4.52 Å². The molecule has 136 valence electrons. The van der Waals surface area contributed by atoms with Gasteiger partial charge in [0.05, 0.1) is 17.5 Å². The minimum atomic E-state index is -0.216. The summed E-state index contributed by atoms with van der Waals surface area (Å²) in [5.41, 5.74) is 1.78. The predicted octanol–water partition coefficient (Wildman–Crippen LogP) is 2.35. The Bertz CT molecular complexity index is 652. The Morgan fingerprint density at radius 3 is 2.72 bits per heavy atom. The maximum Gasteiger partial charge on any atom is 0.289 e. The second-order valence-corrected chi connectivity index (χ2v) is 7.57. The maximum absolute atomic E-state index is 12.4. The number of nitrogens with one attached hydrogen (secondary N) is 1. The van der Waals surface area contributed by atoms with E-state index in [9.17, 15) is 14.4 Å². The van der Waals surface area contributed by atoms with Crippen molar-refractivity contribution in [1.29, 1.82) is 0 Å². The van der Waals surface area contributed by atoms with Crippen LogP contribution < -0.4 is 5.32 Å². The summed E-state index contributed by atoms with van der Waals surface area (Å²) in [4.78, 5) is 37.8. The molecule has 1 aromatic rings. The molecule has 8 heteroatoms. The third kappa shape index (κ3) is 3.89. The van der Waals surface area contributed by atoms with E-state index >= 15 is 0 Å². The van der Waals surface area contributed by atoms with Crippen LogP contribution in [-0.2, 0) is 16.0 Å². The van der Waals surface area contributed by atoms with Crippen LogP contribution in [0.2, 0.25) is 0 Å². The molecule has 2 atom stereocenters. The van der Waals surface area contributed by atoms with Gasteiger partial charge < -0.3 is 9.84 Å². The number of rotatable bonds is 5. The van der Waals surface area contributed by atoms with E-state index in [-0.39, 0.29) is 34.9 Å². The fourth-order valence-electron chi connectivity index (χ4n) is 3.65. The molecule has 25 heavy (non-hydrogen) atoms. The van der Waals surface area contributed by atoms with Crippen LogP contribution in [0.1, 0.15) is 49.1 Å². The summed E-state index contributed by atoms with van der Waals surface area (Å²) in [7, 11) is 0. The van der Waals surface area contributed by atoms with E-state index in [1.807, 2.05) is 13.8 Å². The van der Waals surface area contributed by atoms with Crippen LogP contribution in [0.3, 0.4) is 0 Å². The summed E-state index contributed by atoms with van der Waals surface area (Å²) < 4.78 is 5.12. The van der Waals surface area contributed by atoms with Gasteiger partial charge in [-0.05, 0) is 33.1 Å². The first kappa shape index (κ1) is 18.0. The topological polar surface area (TPSA) is 92.5 Å². The predicted molar refractivity (Wildman–Crippen MR) is 93.2 cm³/mol. The van der Waals surface area contributed by atoms with Crippen molar-refractivity contribution < 1.29 is 18.9 Å². The smallest absolute Gasteiger partial charge is 0.289 e. The number of aromatic nitrogens is 1. The normalized spacial score (nSPS) is 24.0. The molecule has 1 N–H and O–H groups in total. The van der Waals surface area contributed by atoms with E-state index in [1.165, 1.54) is 4.90 Å². The molecule has 0 bridgehead atoms. The molecule has 1 saturated heterocycles. The highest BCUT2D eigenvalue weighted by molar-refractivity contribution is 8.14. The summed E-state index contributed by atoms with van der Waals surface area (Å²) in [6.07, 6.45) is 4.42. The number of thioether (sulfide) groups is 1. The fraction of sp³-hybridized carbons (Fsp3) is 0.647. The van der Waals surface area contributed by atoms with Gasteiger partial charge in [-0.2, -0.15) is 0 Å². The Morgan fingerprint density at radius 2 is 2.08 bits per heavy atom. The van der Waals surface area contributed by atoms with Gasteiger partial charge in [-0.3, -0.25) is 19.3 Å². The Balaban J connectivity index is 1.60. The van der Waals surface area contributed by atoms with E-state index in [4.69, 9.17) is 4.52 Å². The highest BCUT2D eigenvalue weighted by Gasteiger charge is 2.41. The summed E-state index contributed by atoms with van der Waals surface area (Å²) in [5.74, 6) is 0.744. The van der Waals surface area contributed by atoms with Crippen LogP contribution in [-0.4, -0.2) is 44.9 Å². The van der Waals surface area contributed by atoms with Crippen molar-refractivity contribution in [3.63, 3.8) is 0 Å². The van der Waals surface area contributed by atoms with Crippen LogP contribution in [0, 0.1) is 13.8 Å². The number of nitrogens with zero attached hydrogens (tertiary/aromatic N) is 2. The molecule has 0 radical (unpaired) electrons. The average molecular weight is 365 g/mol. The molecule has 3 rings (SSSR count). The second kappa shape index (κ2) is 7.59. The lowest BCUT2D eigenvalue weighted by Crippen LogP contribution is -2.54. The van der Waals surface area contributed by atoms with Crippen LogP contribution in [0.5, 0.6) is 0 Å². The van der Waals surface area contributed by atoms with Gasteiger partial charge in [0, 0.05) is 18.0 Å². The third-order valence-electron chi connectivity index (χ3n) is 4.98. The van der Waals surface area contributed by atoms with Crippen molar-refractivity contribution in [3.05, 3.63) is 17.0 Å². The van der Waals surface area contributed by atoms with E-state index in [1.54, 1.807) is 0 Å². The van der Waals surface area contributed by atoms with Gasteiger partial charge in [-0.25, -0.2) is 0 Å². The number of imide groups is 1.